The first-order valence-corrected chi connectivity index (χ1v) is 9.53. The number of nitrogens with zero attached hydrogens (tertiary/aromatic N) is 4. The summed E-state index contributed by atoms with van der Waals surface area (Å²) in [6, 6.07) is 14.3. The van der Waals surface area contributed by atoms with Crippen molar-refractivity contribution in [3.05, 3.63) is 60.0 Å². The predicted molar refractivity (Wildman–Crippen MR) is 102 cm³/mol. The number of carbonyl (C=O) groups is 1. The van der Waals surface area contributed by atoms with Crippen molar-refractivity contribution in [2.24, 2.45) is 5.92 Å². The number of benzene rings is 1. The van der Waals surface area contributed by atoms with Gasteiger partial charge in [0, 0.05) is 12.2 Å². The molecule has 0 bridgehead atoms. The van der Waals surface area contributed by atoms with Gasteiger partial charge in [-0.2, -0.15) is 9.61 Å². The summed E-state index contributed by atoms with van der Waals surface area (Å²) < 4.78 is 1.64. The molecular formula is C20H24N6O. The van der Waals surface area contributed by atoms with Crippen LogP contribution in [0.5, 0.6) is 0 Å². The molecule has 2 aromatic heterocycles. The number of urea groups is 1. The van der Waals surface area contributed by atoms with Crippen molar-refractivity contribution in [1.29, 1.82) is 0 Å². The highest BCUT2D eigenvalue weighted by molar-refractivity contribution is 5.74. The molecule has 1 fully saturated rings. The van der Waals surface area contributed by atoms with Gasteiger partial charge in [0.25, 0.3) is 0 Å². The van der Waals surface area contributed by atoms with E-state index in [0.29, 0.717) is 23.9 Å². The molecule has 2 unspecified atom stereocenters. The van der Waals surface area contributed by atoms with E-state index in [0.717, 1.165) is 19.3 Å². The van der Waals surface area contributed by atoms with Crippen LogP contribution in [0.1, 0.15) is 37.1 Å². The molecule has 27 heavy (non-hydrogen) atoms. The fourth-order valence-corrected chi connectivity index (χ4v) is 3.85. The zero-order valence-corrected chi connectivity index (χ0v) is 15.2. The van der Waals surface area contributed by atoms with Gasteiger partial charge in [-0.05, 0) is 49.3 Å². The van der Waals surface area contributed by atoms with E-state index < -0.39 is 0 Å². The fourth-order valence-electron chi connectivity index (χ4n) is 3.85. The number of rotatable bonds is 6. The zero-order valence-electron chi connectivity index (χ0n) is 15.2. The first-order valence-electron chi connectivity index (χ1n) is 9.53. The highest BCUT2D eigenvalue weighted by atomic mass is 16.2. The molecule has 4 rings (SSSR count). The number of hydrogen-bond donors (Lipinski definition) is 2. The molecule has 1 aliphatic rings. The lowest BCUT2D eigenvalue weighted by Gasteiger charge is -2.21. The van der Waals surface area contributed by atoms with Crippen LogP contribution in [0.25, 0.3) is 5.65 Å². The van der Waals surface area contributed by atoms with Gasteiger partial charge in [0.1, 0.15) is 0 Å². The van der Waals surface area contributed by atoms with Crippen LogP contribution in [0, 0.1) is 5.92 Å². The minimum absolute atomic E-state index is 0.153. The second-order valence-electron chi connectivity index (χ2n) is 7.06. The van der Waals surface area contributed by atoms with Crippen LogP contribution in [-0.4, -0.2) is 31.9 Å². The second-order valence-corrected chi connectivity index (χ2v) is 7.06. The summed E-state index contributed by atoms with van der Waals surface area (Å²) >= 11 is 0. The summed E-state index contributed by atoms with van der Waals surface area (Å²) in [6.07, 6.45) is 7.23. The summed E-state index contributed by atoms with van der Waals surface area (Å²) in [7, 11) is 0. The highest BCUT2D eigenvalue weighted by Gasteiger charge is 2.28. The molecule has 1 saturated carbocycles. The monoisotopic (exact) mass is 364 g/mol. The molecule has 7 nitrogen and oxygen atoms in total. The molecule has 2 amide bonds. The fraction of sp³-hybridized carbons (Fsp3) is 0.400. The first kappa shape index (κ1) is 17.5. The smallest absolute Gasteiger partial charge is 0.315 e. The van der Waals surface area contributed by atoms with Gasteiger partial charge in [-0.3, -0.25) is 0 Å². The minimum atomic E-state index is -0.153. The summed E-state index contributed by atoms with van der Waals surface area (Å²) in [5.74, 6) is 1.15. The third-order valence-electron chi connectivity index (χ3n) is 5.27. The normalized spacial score (nSPS) is 19.3. The molecule has 1 aliphatic carbocycles. The first-order chi connectivity index (χ1) is 13.3. The van der Waals surface area contributed by atoms with Crippen molar-refractivity contribution in [3.63, 3.8) is 0 Å². The summed E-state index contributed by atoms with van der Waals surface area (Å²) in [4.78, 5) is 12.4. The Labute approximate surface area is 158 Å². The lowest BCUT2D eigenvalue weighted by molar-refractivity contribution is 0.232. The van der Waals surface area contributed by atoms with Gasteiger partial charge in [0.15, 0.2) is 11.5 Å². The summed E-state index contributed by atoms with van der Waals surface area (Å²) in [5.41, 5.74) is 2.03. The van der Waals surface area contributed by atoms with E-state index in [-0.39, 0.29) is 12.1 Å². The number of aryl methyl sites for hydroxylation is 1. The Kier molecular flexibility index (Phi) is 5.27. The standard InChI is InChI=1S/C20H24N6O/c27-20(21-14-19-25-24-18-10-5-13-22-26(18)19)23-17-9-4-8-16(17)12-11-15-6-2-1-3-7-15/h1-3,5-7,10,13,16-17H,4,8-9,11-12,14H2,(H2,21,23,27). The molecule has 7 heteroatoms. The molecule has 3 aromatic rings. The van der Waals surface area contributed by atoms with Crippen molar-refractivity contribution >= 4 is 11.7 Å². The van der Waals surface area contributed by atoms with E-state index in [2.05, 4.69) is 50.2 Å². The van der Waals surface area contributed by atoms with Gasteiger partial charge in [-0.25, -0.2) is 4.79 Å². The molecular weight excluding hydrogens is 340 g/mol. The quantitative estimate of drug-likeness (QED) is 0.704. The average molecular weight is 364 g/mol. The van der Waals surface area contributed by atoms with Crippen molar-refractivity contribution in [2.75, 3.05) is 0 Å². The third kappa shape index (κ3) is 4.24. The van der Waals surface area contributed by atoms with Crippen LogP contribution < -0.4 is 10.6 Å². The number of aromatic nitrogens is 4. The molecule has 0 spiro atoms. The second kappa shape index (κ2) is 8.16. The number of carbonyl (C=O) groups excluding carboxylic acids is 1. The van der Waals surface area contributed by atoms with Crippen molar-refractivity contribution in [3.8, 4) is 0 Å². The van der Waals surface area contributed by atoms with Crippen LogP contribution in [0.4, 0.5) is 4.79 Å². The van der Waals surface area contributed by atoms with E-state index in [4.69, 9.17) is 0 Å². The van der Waals surface area contributed by atoms with Crippen molar-refractivity contribution < 1.29 is 4.79 Å². The Morgan fingerprint density at radius 3 is 2.89 bits per heavy atom. The Morgan fingerprint density at radius 2 is 2.00 bits per heavy atom. The number of amides is 2. The molecule has 0 radical (unpaired) electrons. The van der Waals surface area contributed by atoms with Crippen molar-refractivity contribution in [2.45, 2.75) is 44.7 Å². The van der Waals surface area contributed by atoms with E-state index in [9.17, 15) is 4.79 Å². The van der Waals surface area contributed by atoms with E-state index in [1.807, 2.05) is 18.2 Å². The Bertz CT molecular complexity index is 894. The third-order valence-corrected chi connectivity index (χ3v) is 5.27. The number of fused-ring (bicyclic) bond motifs is 1. The maximum absolute atomic E-state index is 12.4. The average Bonchev–Trinajstić information content (AvgIpc) is 3.32. The Morgan fingerprint density at radius 1 is 1.11 bits per heavy atom. The van der Waals surface area contributed by atoms with E-state index in [1.165, 1.54) is 18.4 Å². The van der Waals surface area contributed by atoms with Crippen LogP contribution in [0.3, 0.4) is 0 Å². The van der Waals surface area contributed by atoms with Gasteiger partial charge in [0.05, 0.1) is 6.54 Å². The molecule has 140 valence electrons. The van der Waals surface area contributed by atoms with Gasteiger partial charge in [-0.1, -0.05) is 36.8 Å². The lowest BCUT2D eigenvalue weighted by atomic mass is 9.95. The van der Waals surface area contributed by atoms with E-state index >= 15 is 0 Å². The maximum Gasteiger partial charge on any atom is 0.315 e. The predicted octanol–water partition coefficient (Wildman–Crippen LogP) is 2.73. The topological polar surface area (TPSA) is 84.2 Å². The largest absolute Gasteiger partial charge is 0.335 e. The summed E-state index contributed by atoms with van der Waals surface area (Å²) in [5, 5.41) is 18.4. The Balaban J connectivity index is 1.28. The van der Waals surface area contributed by atoms with Crippen LogP contribution in [0.15, 0.2) is 48.7 Å². The Hall–Kier alpha value is -2.96. The summed E-state index contributed by atoms with van der Waals surface area (Å²) in [6.45, 7) is 0.297. The highest BCUT2D eigenvalue weighted by Crippen LogP contribution is 2.29. The lowest BCUT2D eigenvalue weighted by Crippen LogP contribution is -2.43. The molecule has 2 N–H and O–H groups in total. The zero-order chi connectivity index (χ0) is 18.5. The van der Waals surface area contributed by atoms with E-state index in [1.54, 1.807) is 10.7 Å². The van der Waals surface area contributed by atoms with Crippen LogP contribution >= 0.6 is 0 Å². The van der Waals surface area contributed by atoms with Crippen LogP contribution in [0.2, 0.25) is 0 Å². The molecule has 0 saturated heterocycles. The number of hydrogen-bond acceptors (Lipinski definition) is 4. The van der Waals surface area contributed by atoms with Gasteiger partial charge in [-0.15, -0.1) is 10.2 Å². The molecule has 1 aromatic carbocycles. The minimum Gasteiger partial charge on any atom is -0.335 e. The van der Waals surface area contributed by atoms with Gasteiger partial charge in [0.2, 0.25) is 0 Å². The van der Waals surface area contributed by atoms with Gasteiger partial charge < -0.3 is 10.6 Å². The molecule has 0 aliphatic heterocycles. The maximum atomic E-state index is 12.4. The number of nitrogens with one attached hydrogen (secondary N) is 2. The SMILES string of the molecule is O=C(NCc1nnc2cccnn12)NC1CCCC1CCc1ccccc1. The molecule has 2 heterocycles. The van der Waals surface area contributed by atoms with Crippen LogP contribution in [-0.2, 0) is 13.0 Å². The van der Waals surface area contributed by atoms with Crippen molar-refractivity contribution in [1.82, 2.24) is 30.4 Å². The molecule has 2 atom stereocenters. The van der Waals surface area contributed by atoms with Gasteiger partial charge >= 0.3 is 6.03 Å².